The summed E-state index contributed by atoms with van der Waals surface area (Å²) in [5, 5.41) is 0. The topological polar surface area (TPSA) is 4.93 Å². The van der Waals surface area contributed by atoms with Gasteiger partial charge in [0.05, 0.1) is 0 Å². The molecule has 1 heterocycles. The Labute approximate surface area is 99.5 Å². The number of aromatic nitrogens is 1. The van der Waals surface area contributed by atoms with Crippen LogP contribution in [0.5, 0.6) is 0 Å². The van der Waals surface area contributed by atoms with Gasteiger partial charge in [-0.1, -0.05) is 0 Å². The maximum absolute atomic E-state index is 2.38. The minimum absolute atomic E-state index is 0.237. The van der Waals surface area contributed by atoms with Crippen LogP contribution in [-0.2, 0) is 24.2 Å². The molecule has 0 aliphatic heterocycles. The van der Waals surface area contributed by atoms with Crippen molar-refractivity contribution in [2.45, 2.75) is 27.2 Å². The summed E-state index contributed by atoms with van der Waals surface area (Å²) in [4.78, 5) is 0. The first-order chi connectivity index (χ1) is 7.11. The number of rotatable bonds is 2. The summed E-state index contributed by atoms with van der Waals surface area (Å²) in [6.07, 6.45) is 7.89. The van der Waals surface area contributed by atoms with Crippen LogP contribution in [0.3, 0.4) is 0 Å². The maximum atomic E-state index is 2.38. The van der Waals surface area contributed by atoms with Crippen LogP contribution in [0.25, 0.3) is 0 Å². The van der Waals surface area contributed by atoms with Gasteiger partial charge in [0.15, 0.2) is 0 Å². The first kappa shape index (κ1) is 10.9. The molecule has 2 heteroatoms. The van der Waals surface area contributed by atoms with E-state index in [1.54, 1.807) is 8.46 Å². The number of nitrogens with zero attached hydrogens (tertiary/aromatic N) is 1. The summed E-state index contributed by atoms with van der Waals surface area (Å²) >= 11 is 0.237. The van der Waals surface area contributed by atoms with Crippen LogP contribution in [0.4, 0.5) is 0 Å². The van der Waals surface area contributed by atoms with Crippen LogP contribution < -0.4 is 4.29 Å². The molecular weight excluding hydrogens is 271 g/mol. The fourth-order valence-corrected chi connectivity index (χ4v) is 4.24. The summed E-state index contributed by atoms with van der Waals surface area (Å²) < 4.78 is 5.56. The van der Waals surface area contributed by atoms with Crippen molar-refractivity contribution in [2.75, 3.05) is 0 Å². The Bertz CT molecular complexity index is 424. The van der Waals surface area contributed by atoms with Crippen molar-refractivity contribution in [1.82, 2.24) is 4.57 Å². The molecule has 0 aromatic carbocycles. The van der Waals surface area contributed by atoms with Crippen LogP contribution in [0, 0.1) is 20.8 Å². The molecule has 1 aliphatic carbocycles. The molecule has 1 nitrogen and oxygen atoms in total. The van der Waals surface area contributed by atoms with Crippen molar-refractivity contribution in [3.63, 3.8) is 0 Å². The van der Waals surface area contributed by atoms with E-state index in [-0.39, 0.29) is 17.1 Å². The molecule has 0 spiro atoms. The van der Waals surface area contributed by atoms with Crippen molar-refractivity contribution >= 4 is 4.29 Å². The number of hydrogen-bond acceptors (Lipinski definition) is 0. The molecule has 0 saturated heterocycles. The zero-order valence-electron chi connectivity index (χ0n) is 9.74. The third-order valence-corrected chi connectivity index (χ3v) is 5.96. The van der Waals surface area contributed by atoms with E-state index >= 15 is 0 Å². The van der Waals surface area contributed by atoms with Crippen molar-refractivity contribution in [3.8, 4) is 0 Å². The molecule has 0 saturated carbocycles. The Morgan fingerprint density at radius 2 is 1.93 bits per heavy atom. The molecule has 0 N–H and O–H groups in total. The molecule has 0 bridgehead atoms. The number of hydrogen-bond donors (Lipinski definition) is 0. The second-order valence-corrected chi connectivity index (χ2v) is 6.37. The van der Waals surface area contributed by atoms with E-state index in [1.807, 2.05) is 0 Å². The molecular formula is C13H17NRu. The minimum atomic E-state index is 0.237. The molecule has 0 amide bonds. The van der Waals surface area contributed by atoms with Crippen molar-refractivity contribution in [3.05, 3.63) is 39.2 Å². The van der Waals surface area contributed by atoms with Crippen molar-refractivity contribution in [2.24, 2.45) is 7.05 Å². The Morgan fingerprint density at radius 3 is 2.40 bits per heavy atom. The summed E-state index contributed by atoms with van der Waals surface area (Å²) in [6.45, 7) is 6.71. The van der Waals surface area contributed by atoms with Gasteiger partial charge >= 0.3 is 99.4 Å². The van der Waals surface area contributed by atoms with Gasteiger partial charge in [-0.15, -0.1) is 0 Å². The molecule has 15 heavy (non-hydrogen) atoms. The Hall–Kier alpha value is -0.617. The molecule has 2 rings (SSSR count). The van der Waals surface area contributed by atoms with Gasteiger partial charge in [-0.05, 0) is 0 Å². The van der Waals surface area contributed by atoms with Crippen LogP contribution in [-0.4, -0.2) is 4.57 Å². The second kappa shape index (κ2) is 4.10. The van der Waals surface area contributed by atoms with Gasteiger partial charge in [0.25, 0.3) is 0 Å². The van der Waals surface area contributed by atoms with Gasteiger partial charge in [0.2, 0.25) is 0 Å². The third-order valence-electron chi connectivity index (χ3n) is 3.11. The van der Waals surface area contributed by atoms with E-state index in [0.717, 1.165) is 0 Å². The van der Waals surface area contributed by atoms with Crippen LogP contribution in [0.2, 0.25) is 0 Å². The van der Waals surface area contributed by atoms with Crippen molar-refractivity contribution in [1.29, 1.82) is 0 Å². The second-order valence-electron chi connectivity index (χ2n) is 3.99. The predicted octanol–water partition coefficient (Wildman–Crippen LogP) is 2.50. The SMILES string of the molecule is Cc1c(C)[c]([Ru][C]2=CC=CC2)n(C)c1C. The molecule has 0 unspecified atom stereocenters. The molecule has 1 aromatic heterocycles. The Kier molecular flexibility index (Phi) is 2.97. The van der Waals surface area contributed by atoms with Crippen LogP contribution in [0.15, 0.2) is 22.4 Å². The van der Waals surface area contributed by atoms with E-state index < -0.39 is 0 Å². The zero-order valence-corrected chi connectivity index (χ0v) is 11.5. The normalized spacial score (nSPS) is 15.1. The van der Waals surface area contributed by atoms with Gasteiger partial charge in [-0.25, -0.2) is 0 Å². The van der Waals surface area contributed by atoms with Gasteiger partial charge < -0.3 is 0 Å². The van der Waals surface area contributed by atoms with E-state index in [9.17, 15) is 0 Å². The van der Waals surface area contributed by atoms with E-state index in [0.29, 0.717) is 0 Å². The monoisotopic (exact) mass is 289 g/mol. The third kappa shape index (κ3) is 1.88. The fraction of sp³-hybridized carbons (Fsp3) is 0.385. The van der Waals surface area contributed by atoms with Crippen LogP contribution in [0.1, 0.15) is 23.2 Å². The van der Waals surface area contributed by atoms with E-state index in [1.165, 1.54) is 23.2 Å². The Balaban J connectivity index is 2.32. The first-order valence-corrected chi connectivity index (χ1v) is 6.95. The van der Waals surface area contributed by atoms with E-state index in [4.69, 9.17) is 0 Å². The van der Waals surface area contributed by atoms with Gasteiger partial charge in [-0.3, -0.25) is 0 Å². The van der Waals surface area contributed by atoms with Crippen molar-refractivity contribution < 1.29 is 17.1 Å². The summed E-state index contributed by atoms with van der Waals surface area (Å²) in [7, 11) is 2.20. The van der Waals surface area contributed by atoms with Gasteiger partial charge in [0, 0.05) is 0 Å². The zero-order chi connectivity index (χ0) is 11.0. The molecule has 82 valence electrons. The first-order valence-electron chi connectivity index (χ1n) is 5.22. The quantitative estimate of drug-likeness (QED) is 0.737. The number of allylic oxidation sites excluding steroid dienone is 4. The average Bonchev–Trinajstić information content (AvgIpc) is 2.79. The summed E-state index contributed by atoms with van der Waals surface area (Å²) in [5.74, 6) is 0. The van der Waals surface area contributed by atoms with Crippen LogP contribution >= 0.6 is 0 Å². The standard InChI is InChI=1S/C8H12N.C5H5.Ru/c1-6-5-9(4)8(3)7(6)2;1-2-4-5-3-1;/h1-4H3;1-3H,4H2;. The van der Waals surface area contributed by atoms with Gasteiger partial charge in [-0.2, -0.15) is 0 Å². The fourth-order valence-electron chi connectivity index (χ4n) is 1.78. The summed E-state index contributed by atoms with van der Waals surface area (Å²) in [5.41, 5.74) is 4.39. The molecule has 0 fully saturated rings. The van der Waals surface area contributed by atoms with Gasteiger partial charge in [0.1, 0.15) is 0 Å². The Morgan fingerprint density at radius 1 is 1.20 bits per heavy atom. The van der Waals surface area contributed by atoms with E-state index in [2.05, 4.69) is 50.6 Å². The average molecular weight is 288 g/mol. The predicted molar refractivity (Wildman–Crippen MR) is 61.1 cm³/mol. The summed E-state index contributed by atoms with van der Waals surface area (Å²) in [6, 6.07) is 0. The molecule has 1 aromatic rings. The molecule has 0 atom stereocenters. The molecule has 1 aliphatic rings. The molecule has 0 radical (unpaired) electrons.